The van der Waals surface area contributed by atoms with Crippen LogP contribution >= 0.6 is 47.8 Å². The van der Waals surface area contributed by atoms with Crippen molar-refractivity contribution < 1.29 is 14.3 Å². The number of amides is 1. The summed E-state index contributed by atoms with van der Waals surface area (Å²) in [4.78, 5) is 29.2. The third kappa shape index (κ3) is 6.05. The van der Waals surface area contributed by atoms with Gasteiger partial charge in [-0.05, 0) is 69.5 Å². The second-order valence-electron chi connectivity index (χ2n) is 7.26. The first-order valence-electron chi connectivity index (χ1n) is 10.6. The number of primary amides is 1. The van der Waals surface area contributed by atoms with Crippen molar-refractivity contribution in [2.24, 2.45) is 10.8 Å². The molecule has 0 saturated heterocycles. The molecule has 3 rings (SSSR count). The Morgan fingerprint density at radius 2 is 1.94 bits per heavy atom. The first-order valence-corrected chi connectivity index (χ1v) is 13.0. The second kappa shape index (κ2) is 11.9. The molecule has 11 heteroatoms. The van der Waals surface area contributed by atoms with Crippen LogP contribution in [0.2, 0.25) is 0 Å². The molecule has 0 aliphatic heterocycles. The van der Waals surface area contributed by atoms with Gasteiger partial charge in [-0.3, -0.25) is 9.59 Å². The maximum Gasteiger partial charge on any atom is 0.282 e. The molecule has 180 valence electrons. The maximum absolute atomic E-state index is 13.3. The van der Waals surface area contributed by atoms with Crippen LogP contribution in [-0.4, -0.2) is 35.0 Å². The number of fused-ring (bicyclic) bond motifs is 1. The first kappa shape index (κ1) is 26.4. The summed E-state index contributed by atoms with van der Waals surface area (Å²) >= 11 is 10.4. The summed E-state index contributed by atoms with van der Waals surface area (Å²) in [7, 11) is 0. The van der Waals surface area contributed by atoms with Gasteiger partial charge in [-0.25, -0.2) is 4.98 Å². The van der Waals surface area contributed by atoms with Crippen LogP contribution in [0.5, 0.6) is 11.5 Å². The highest BCUT2D eigenvalue weighted by Crippen LogP contribution is 2.42. The van der Waals surface area contributed by atoms with Gasteiger partial charge in [0.25, 0.3) is 11.5 Å². The third-order valence-electron chi connectivity index (χ3n) is 4.76. The molecule has 0 saturated carbocycles. The number of benzene rings is 2. The number of aryl methyl sites for hydroxylation is 1. The Labute approximate surface area is 221 Å². The Balaban J connectivity index is 2.12. The minimum absolute atomic E-state index is 0.254. The number of aromatic nitrogens is 2. The van der Waals surface area contributed by atoms with Gasteiger partial charge < -0.3 is 15.2 Å². The number of carbonyl (C=O) groups excluding carboxylic acids is 1. The zero-order valence-electron chi connectivity index (χ0n) is 18.6. The lowest BCUT2D eigenvalue weighted by molar-refractivity contribution is -0.119. The Morgan fingerprint density at radius 1 is 1.18 bits per heavy atom. The quantitative estimate of drug-likeness (QED) is 0.303. The molecule has 0 atom stereocenters. The highest BCUT2D eigenvalue weighted by Gasteiger charge is 2.18. The number of nitrogens with two attached hydrogens (primary N) is 1. The van der Waals surface area contributed by atoms with E-state index >= 15 is 0 Å². The van der Waals surface area contributed by atoms with E-state index in [1.807, 2.05) is 19.1 Å². The predicted octanol–water partition coefficient (Wildman–Crippen LogP) is 5.17. The van der Waals surface area contributed by atoms with Crippen LogP contribution in [0.15, 0.2) is 47.6 Å². The SMILES string of the molecule is CCCCc1nc2ccc(Br)cc2c(=O)n1N=Cc1cc(OCC)c(OCC(N)=O)c(Br)c1Br. The van der Waals surface area contributed by atoms with Crippen molar-refractivity contribution in [3.8, 4) is 11.5 Å². The van der Waals surface area contributed by atoms with E-state index in [1.165, 1.54) is 4.68 Å². The van der Waals surface area contributed by atoms with Crippen molar-refractivity contribution in [1.29, 1.82) is 0 Å². The normalized spacial score (nSPS) is 11.3. The zero-order valence-corrected chi connectivity index (χ0v) is 23.4. The molecule has 0 fully saturated rings. The van der Waals surface area contributed by atoms with E-state index in [-0.39, 0.29) is 12.2 Å². The maximum atomic E-state index is 13.3. The van der Waals surface area contributed by atoms with Crippen LogP contribution in [0.3, 0.4) is 0 Å². The number of rotatable bonds is 10. The fourth-order valence-corrected chi connectivity index (χ4v) is 4.47. The average Bonchev–Trinajstić information content (AvgIpc) is 2.80. The number of carbonyl (C=O) groups is 1. The zero-order chi connectivity index (χ0) is 24.8. The summed E-state index contributed by atoms with van der Waals surface area (Å²) in [6, 6.07) is 7.12. The van der Waals surface area contributed by atoms with Crippen molar-refractivity contribution in [3.05, 3.63) is 59.4 Å². The summed E-state index contributed by atoms with van der Waals surface area (Å²) in [6.07, 6.45) is 4.00. The standard InChI is InChI=1S/C23H23Br3N4O4/c1-3-5-6-19-29-16-8-7-14(24)10-15(16)23(32)30(19)28-11-13-9-17(33-4-2)22(21(26)20(13)25)34-12-18(27)31/h7-11H,3-6,12H2,1-2H3,(H2,27,31). The summed E-state index contributed by atoms with van der Waals surface area (Å²) in [5.41, 5.74) is 6.22. The molecular weight excluding hydrogens is 636 g/mol. The van der Waals surface area contributed by atoms with Crippen LogP contribution in [0, 0.1) is 0 Å². The van der Waals surface area contributed by atoms with E-state index in [1.54, 1.807) is 18.3 Å². The van der Waals surface area contributed by atoms with Gasteiger partial charge in [-0.2, -0.15) is 9.78 Å². The molecule has 0 aliphatic carbocycles. The Morgan fingerprint density at radius 3 is 2.62 bits per heavy atom. The molecule has 0 spiro atoms. The van der Waals surface area contributed by atoms with Gasteiger partial charge in [0.15, 0.2) is 18.1 Å². The van der Waals surface area contributed by atoms with Crippen LogP contribution in [0.25, 0.3) is 10.9 Å². The molecule has 3 aromatic rings. The molecule has 0 radical (unpaired) electrons. The molecule has 34 heavy (non-hydrogen) atoms. The minimum atomic E-state index is -0.606. The monoisotopic (exact) mass is 656 g/mol. The first-order chi connectivity index (χ1) is 16.3. The summed E-state index contributed by atoms with van der Waals surface area (Å²) in [6.45, 7) is 3.99. The molecule has 2 aromatic carbocycles. The van der Waals surface area contributed by atoms with E-state index in [9.17, 15) is 9.59 Å². The van der Waals surface area contributed by atoms with Crippen molar-refractivity contribution in [2.45, 2.75) is 33.1 Å². The van der Waals surface area contributed by atoms with E-state index in [0.29, 0.717) is 55.8 Å². The number of nitrogens with zero attached hydrogens (tertiary/aromatic N) is 3. The van der Waals surface area contributed by atoms with E-state index in [4.69, 9.17) is 15.2 Å². The number of hydrogen-bond donors (Lipinski definition) is 1. The van der Waals surface area contributed by atoms with Gasteiger partial charge >= 0.3 is 0 Å². The van der Waals surface area contributed by atoms with Gasteiger partial charge in [-0.1, -0.05) is 29.3 Å². The summed E-state index contributed by atoms with van der Waals surface area (Å²) < 4.78 is 14.5. The van der Waals surface area contributed by atoms with Crippen molar-refractivity contribution in [3.63, 3.8) is 0 Å². The highest BCUT2D eigenvalue weighted by molar-refractivity contribution is 9.13. The van der Waals surface area contributed by atoms with E-state index < -0.39 is 5.91 Å². The van der Waals surface area contributed by atoms with E-state index in [2.05, 4.69) is 64.8 Å². The number of halogens is 3. The Hall–Kier alpha value is -2.24. The van der Waals surface area contributed by atoms with Crippen LogP contribution in [0.4, 0.5) is 0 Å². The molecule has 1 aromatic heterocycles. The molecule has 8 nitrogen and oxygen atoms in total. The lowest BCUT2D eigenvalue weighted by Gasteiger charge is -2.15. The van der Waals surface area contributed by atoms with Crippen molar-refractivity contribution in [1.82, 2.24) is 9.66 Å². The Kier molecular flexibility index (Phi) is 9.26. The molecule has 1 heterocycles. The summed E-state index contributed by atoms with van der Waals surface area (Å²) in [5.74, 6) is 0.715. The van der Waals surface area contributed by atoms with E-state index in [0.717, 1.165) is 17.3 Å². The Bertz CT molecular complexity index is 1310. The number of hydrogen-bond acceptors (Lipinski definition) is 6. The van der Waals surface area contributed by atoms with Crippen LogP contribution in [0.1, 0.15) is 38.1 Å². The van der Waals surface area contributed by atoms with Gasteiger partial charge in [0.2, 0.25) is 0 Å². The van der Waals surface area contributed by atoms with Gasteiger partial charge in [0.1, 0.15) is 5.82 Å². The molecule has 0 unspecified atom stereocenters. The minimum Gasteiger partial charge on any atom is -0.490 e. The third-order valence-corrected chi connectivity index (χ3v) is 7.39. The predicted molar refractivity (Wildman–Crippen MR) is 143 cm³/mol. The van der Waals surface area contributed by atoms with Crippen LogP contribution < -0.4 is 20.8 Å². The molecule has 0 aliphatic rings. The van der Waals surface area contributed by atoms with Gasteiger partial charge in [0.05, 0.1) is 28.2 Å². The lowest BCUT2D eigenvalue weighted by atomic mass is 10.2. The smallest absolute Gasteiger partial charge is 0.282 e. The topological polar surface area (TPSA) is 109 Å². The molecule has 2 N–H and O–H groups in total. The van der Waals surface area contributed by atoms with Gasteiger partial charge in [-0.15, -0.1) is 0 Å². The van der Waals surface area contributed by atoms with Crippen LogP contribution in [-0.2, 0) is 11.2 Å². The van der Waals surface area contributed by atoms with Crippen molar-refractivity contribution >= 4 is 70.8 Å². The largest absolute Gasteiger partial charge is 0.490 e. The fourth-order valence-electron chi connectivity index (χ4n) is 3.17. The highest BCUT2D eigenvalue weighted by atomic mass is 79.9. The molecule has 0 bridgehead atoms. The fraction of sp³-hybridized carbons (Fsp3) is 0.304. The summed E-state index contributed by atoms with van der Waals surface area (Å²) in [5, 5.41) is 4.97. The average molecular weight is 659 g/mol. The molecular formula is C23H23Br3N4O4. The lowest BCUT2D eigenvalue weighted by Crippen LogP contribution is -2.22. The number of unbranched alkanes of at least 4 members (excludes halogenated alkanes) is 1. The molecule has 1 amide bonds. The second-order valence-corrected chi connectivity index (χ2v) is 9.77. The number of ether oxygens (including phenoxy) is 2. The van der Waals surface area contributed by atoms with Crippen molar-refractivity contribution in [2.75, 3.05) is 13.2 Å². The van der Waals surface area contributed by atoms with Gasteiger partial charge in [0, 0.05) is 20.9 Å².